The third-order valence-corrected chi connectivity index (χ3v) is 4.75. The molecule has 0 N–H and O–H groups in total. The molecule has 0 bridgehead atoms. The van der Waals surface area contributed by atoms with Crippen molar-refractivity contribution >= 4 is 5.91 Å². The maximum Gasteiger partial charge on any atom is 0.223 e. The minimum absolute atomic E-state index is 0.0587. The number of aryl methyl sites for hydroxylation is 3. The number of aromatic nitrogens is 2. The Hall–Kier alpha value is -2.27. The van der Waals surface area contributed by atoms with Crippen LogP contribution >= 0.6 is 0 Å². The van der Waals surface area contributed by atoms with Crippen molar-refractivity contribution in [2.75, 3.05) is 13.2 Å². The first-order valence-electron chi connectivity index (χ1n) is 8.77. The number of morpholine rings is 1. The van der Waals surface area contributed by atoms with Crippen LogP contribution in [0.2, 0.25) is 0 Å². The topological polar surface area (TPSA) is 55.3 Å². The van der Waals surface area contributed by atoms with Crippen LogP contribution in [0.3, 0.4) is 0 Å². The van der Waals surface area contributed by atoms with Gasteiger partial charge in [0, 0.05) is 25.0 Å². The van der Waals surface area contributed by atoms with Gasteiger partial charge in [-0.25, -0.2) is 0 Å². The highest BCUT2D eigenvalue weighted by Crippen LogP contribution is 2.28. The summed E-state index contributed by atoms with van der Waals surface area (Å²) in [5, 5.41) is 0. The van der Waals surface area contributed by atoms with E-state index in [-0.39, 0.29) is 18.1 Å². The van der Waals surface area contributed by atoms with Gasteiger partial charge in [0.25, 0.3) is 0 Å². The number of hydrogen-bond acceptors (Lipinski definition) is 4. The Balaban J connectivity index is 1.68. The predicted molar refractivity (Wildman–Crippen MR) is 96.1 cm³/mol. The van der Waals surface area contributed by atoms with E-state index in [9.17, 15) is 4.79 Å². The van der Waals surface area contributed by atoms with Gasteiger partial charge in [0.1, 0.15) is 6.10 Å². The lowest BCUT2D eigenvalue weighted by molar-refractivity contribution is -0.144. The van der Waals surface area contributed by atoms with Crippen molar-refractivity contribution in [2.24, 2.45) is 0 Å². The molecule has 1 aliphatic heterocycles. The lowest BCUT2D eigenvalue weighted by Gasteiger charge is -2.39. The van der Waals surface area contributed by atoms with E-state index in [1.54, 1.807) is 18.6 Å². The van der Waals surface area contributed by atoms with Gasteiger partial charge in [-0.05, 0) is 38.3 Å². The normalized spacial score (nSPS) is 20.5. The summed E-state index contributed by atoms with van der Waals surface area (Å²) in [7, 11) is 0. The lowest BCUT2D eigenvalue weighted by Crippen LogP contribution is -2.48. The van der Waals surface area contributed by atoms with Gasteiger partial charge < -0.3 is 9.64 Å². The number of hydrogen-bond donors (Lipinski definition) is 0. The maximum atomic E-state index is 12.7. The first kappa shape index (κ1) is 17.5. The molecule has 1 fully saturated rings. The van der Waals surface area contributed by atoms with Gasteiger partial charge in [0.2, 0.25) is 5.91 Å². The van der Waals surface area contributed by atoms with E-state index in [2.05, 4.69) is 42.0 Å². The molecule has 2 heterocycles. The minimum Gasteiger partial charge on any atom is -0.370 e. The second kappa shape index (κ2) is 7.74. The number of nitrogens with zero attached hydrogens (tertiary/aromatic N) is 3. The highest BCUT2D eigenvalue weighted by atomic mass is 16.5. The Morgan fingerprint density at radius 1 is 1.32 bits per heavy atom. The SMILES string of the molecule is Cc1ccc(C)c(C2CN(C(=O)CCc3cnccn3)C(C)CO2)c1. The molecular weight excluding hydrogens is 314 g/mol. The van der Waals surface area contributed by atoms with E-state index >= 15 is 0 Å². The van der Waals surface area contributed by atoms with E-state index in [0.29, 0.717) is 26.0 Å². The molecule has 0 spiro atoms. The third kappa shape index (κ3) is 4.23. The highest BCUT2D eigenvalue weighted by molar-refractivity contribution is 5.77. The first-order valence-corrected chi connectivity index (χ1v) is 8.77. The fourth-order valence-electron chi connectivity index (χ4n) is 3.24. The summed E-state index contributed by atoms with van der Waals surface area (Å²) < 4.78 is 6.04. The van der Waals surface area contributed by atoms with E-state index < -0.39 is 0 Å². The fourth-order valence-corrected chi connectivity index (χ4v) is 3.24. The van der Waals surface area contributed by atoms with Crippen LogP contribution in [-0.4, -0.2) is 40.0 Å². The summed E-state index contributed by atoms with van der Waals surface area (Å²) in [5.74, 6) is 0.150. The molecule has 0 radical (unpaired) electrons. The molecule has 0 saturated carbocycles. The molecule has 2 unspecified atom stereocenters. The predicted octanol–water partition coefficient (Wildman–Crippen LogP) is 3.01. The largest absolute Gasteiger partial charge is 0.370 e. The van der Waals surface area contributed by atoms with Crippen LogP contribution in [0.15, 0.2) is 36.8 Å². The maximum absolute atomic E-state index is 12.7. The van der Waals surface area contributed by atoms with Crippen molar-refractivity contribution in [3.63, 3.8) is 0 Å². The zero-order valence-electron chi connectivity index (χ0n) is 15.1. The van der Waals surface area contributed by atoms with Gasteiger partial charge in [0.05, 0.1) is 24.9 Å². The van der Waals surface area contributed by atoms with Crippen molar-refractivity contribution in [1.29, 1.82) is 0 Å². The van der Waals surface area contributed by atoms with Crippen molar-refractivity contribution in [1.82, 2.24) is 14.9 Å². The molecule has 1 saturated heterocycles. The highest BCUT2D eigenvalue weighted by Gasteiger charge is 2.30. The Kier molecular flexibility index (Phi) is 5.43. The molecule has 25 heavy (non-hydrogen) atoms. The molecule has 1 aromatic heterocycles. The fraction of sp³-hybridized carbons (Fsp3) is 0.450. The first-order chi connectivity index (χ1) is 12.0. The molecule has 2 aromatic rings. The van der Waals surface area contributed by atoms with E-state index in [0.717, 1.165) is 5.69 Å². The number of carbonyl (C=O) groups excluding carboxylic acids is 1. The van der Waals surface area contributed by atoms with Crippen LogP contribution in [0.5, 0.6) is 0 Å². The Labute approximate surface area is 149 Å². The van der Waals surface area contributed by atoms with Crippen LogP contribution in [-0.2, 0) is 16.0 Å². The molecule has 1 aromatic carbocycles. The van der Waals surface area contributed by atoms with Gasteiger partial charge in [-0.1, -0.05) is 23.8 Å². The monoisotopic (exact) mass is 339 g/mol. The summed E-state index contributed by atoms with van der Waals surface area (Å²) in [6.45, 7) is 7.38. The van der Waals surface area contributed by atoms with Crippen molar-refractivity contribution in [2.45, 2.75) is 45.8 Å². The number of ether oxygens (including phenoxy) is 1. The zero-order valence-corrected chi connectivity index (χ0v) is 15.1. The molecular formula is C20H25N3O2. The number of rotatable bonds is 4. The smallest absolute Gasteiger partial charge is 0.223 e. The lowest BCUT2D eigenvalue weighted by atomic mass is 9.98. The zero-order chi connectivity index (χ0) is 17.8. The second-order valence-corrected chi connectivity index (χ2v) is 6.77. The van der Waals surface area contributed by atoms with Gasteiger partial charge in [0.15, 0.2) is 0 Å². The minimum atomic E-state index is -0.0587. The second-order valence-electron chi connectivity index (χ2n) is 6.77. The average Bonchev–Trinajstić information content (AvgIpc) is 2.63. The van der Waals surface area contributed by atoms with Crippen LogP contribution in [0.4, 0.5) is 0 Å². The van der Waals surface area contributed by atoms with Crippen molar-refractivity contribution in [3.8, 4) is 0 Å². The van der Waals surface area contributed by atoms with Crippen LogP contribution < -0.4 is 0 Å². The van der Waals surface area contributed by atoms with Crippen LogP contribution in [0.1, 0.15) is 41.8 Å². The van der Waals surface area contributed by atoms with Crippen molar-refractivity contribution in [3.05, 3.63) is 59.2 Å². The Morgan fingerprint density at radius 2 is 2.16 bits per heavy atom. The third-order valence-electron chi connectivity index (χ3n) is 4.75. The molecule has 5 heteroatoms. The quantitative estimate of drug-likeness (QED) is 0.859. The molecule has 2 atom stereocenters. The summed E-state index contributed by atoms with van der Waals surface area (Å²) >= 11 is 0. The van der Waals surface area contributed by atoms with Crippen LogP contribution in [0, 0.1) is 13.8 Å². The van der Waals surface area contributed by atoms with E-state index in [1.807, 2.05) is 11.8 Å². The van der Waals surface area contributed by atoms with Gasteiger partial charge >= 0.3 is 0 Å². The number of amides is 1. The summed E-state index contributed by atoms with van der Waals surface area (Å²) in [4.78, 5) is 23.0. The van der Waals surface area contributed by atoms with Gasteiger partial charge in [-0.3, -0.25) is 14.8 Å². The summed E-state index contributed by atoms with van der Waals surface area (Å²) in [5.41, 5.74) is 4.45. The van der Waals surface area contributed by atoms with E-state index in [1.165, 1.54) is 16.7 Å². The van der Waals surface area contributed by atoms with E-state index in [4.69, 9.17) is 4.74 Å². The number of carbonyl (C=O) groups is 1. The Morgan fingerprint density at radius 3 is 2.92 bits per heavy atom. The summed E-state index contributed by atoms with van der Waals surface area (Å²) in [6, 6.07) is 6.48. The Bertz CT molecular complexity index is 733. The van der Waals surface area contributed by atoms with Gasteiger partial charge in [-0.15, -0.1) is 0 Å². The molecule has 1 aliphatic rings. The van der Waals surface area contributed by atoms with Gasteiger partial charge in [-0.2, -0.15) is 0 Å². The molecule has 132 valence electrons. The molecule has 3 rings (SSSR count). The standard InChI is InChI=1S/C20H25N3O2/c1-14-4-5-15(2)18(10-14)19-12-23(16(3)13-25-19)20(24)7-6-17-11-21-8-9-22-17/h4-5,8-11,16,19H,6-7,12-13H2,1-3H3. The molecule has 5 nitrogen and oxygen atoms in total. The molecule has 1 amide bonds. The number of benzene rings is 1. The van der Waals surface area contributed by atoms with Crippen LogP contribution in [0.25, 0.3) is 0 Å². The molecule has 0 aliphatic carbocycles. The average molecular weight is 339 g/mol. The summed E-state index contributed by atoms with van der Waals surface area (Å²) in [6.07, 6.45) is 6.02. The van der Waals surface area contributed by atoms with Crippen molar-refractivity contribution < 1.29 is 9.53 Å².